The Kier molecular flexibility index (Phi) is 12.3. The Morgan fingerprint density at radius 3 is 2.62 bits per heavy atom. The molecule has 0 atom stereocenters. The molecule has 0 N–H and O–H groups in total. The molecule has 0 aliphatic heterocycles. The average molecular weight is 345 g/mol. The molecule has 3 heteroatoms. The van der Waals surface area contributed by atoms with Gasteiger partial charge in [0, 0.05) is 16.7 Å². The summed E-state index contributed by atoms with van der Waals surface area (Å²) in [5.74, 6) is 0.497. The van der Waals surface area contributed by atoms with Crippen molar-refractivity contribution in [2.24, 2.45) is 0 Å². The van der Waals surface area contributed by atoms with Crippen LogP contribution >= 0.6 is 11.8 Å². The highest BCUT2D eigenvalue weighted by molar-refractivity contribution is 7.99. The van der Waals surface area contributed by atoms with Gasteiger partial charge < -0.3 is 4.74 Å². The summed E-state index contributed by atoms with van der Waals surface area (Å²) in [6, 6.07) is 6.20. The molecule has 1 rings (SSSR count). The number of esters is 1. The van der Waals surface area contributed by atoms with Crippen LogP contribution in [0.15, 0.2) is 66.1 Å². The fraction of sp³-hybridized carbons (Fsp3) is 0.286. The summed E-state index contributed by atoms with van der Waals surface area (Å²) in [6.07, 6.45) is 8.83. The second kappa shape index (κ2) is 13.4. The monoisotopic (exact) mass is 344 g/mol. The van der Waals surface area contributed by atoms with Gasteiger partial charge in [-0.1, -0.05) is 51.3 Å². The Hall–Kier alpha value is -2.00. The molecule has 2 nitrogen and oxygen atoms in total. The molecule has 1 aromatic rings. The van der Waals surface area contributed by atoms with E-state index in [0.29, 0.717) is 6.61 Å². The second-order valence-electron chi connectivity index (χ2n) is 4.65. The lowest BCUT2D eigenvalue weighted by atomic mass is 10.1. The van der Waals surface area contributed by atoms with E-state index in [0.717, 1.165) is 27.3 Å². The first-order valence-electron chi connectivity index (χ1n) is 8.12. The van der Waals surface area contributed by atoms with Gasteiger partial charge in [-0.25, -0.2) is 4.79 Å². The predicted octanol–water partition coefficient (Wildman–Crippen LogP) is 5.99. The third-order valence-corrected chi connectivity index (χ3v) is 3.93. The van der Waals surface area contributed by atoms with E-state index >= 15 is 0 Å². The highest BCUT2D eigenvalue weighted by Gasteiger charge is 2.01. The molecule has 0 aliphatic rings. The fourth-order valence-corrected chi connectivity index (χ4v) is 2.49. The van der Waals surface area contributed by atoms with Crippen LogP contribution in [0.5, 0.6) is 0 Å². The van der Waals surface area contributed by atoms with Crippen LogP contribution in [0.1, 0.15) is 31.9 Å². The summed E-state index contributed by atoms with van der Waals surface area (Å²) in [5, 5.41) is 0. The maximum absolute atomic E-state index is 11.4. The molecule has 130 valence electrons. The Balaban J connectivity index is 0.00000254. The van der Waals surface area contributed by atoms with Gasteiger partial charge in [0.05, 0.1) is 6.61 Å². The zero-order chi connectivity index (χ0) is 18.4. The van der Waals surface area contributed by atoms with Crippen LogP contribution in [0.25, 0.3) is 6.08 Å². The number of carbonyl (C=O) groups excluding carboxylic acids is 1. The van der Waals surface area contributed by atoms with Gasteiger partial charge in [0.1, 0.15) is 0 Å². The number of aryl methyl sites for hydroxylation is 1. The molecule has 0 amide bonds. The van der Waals surface area contributed by atoms with Crippen molar-refractivity contribution < 1.29 is 9.53 Å². The third-order valence-electron chi connectivity index (χ3n) is 2.83. The zero-order valence-electron chi connectivity index (χ0n) is 15.2. The van der Waals surface area contributed by atoms with Crippen LogP contribution in [-0.4, -0.2) is 18.3 Å². The highest BCUT2D eigenvalue weighted by Crippen LogP contribution is 2.24. The van der Waals surface area contributed by atoms with E-state index in [4.69, 9.17) is 4.74 Å². The number of rotatable bonds is 8. The number of hydrogen-bond donors (Lipinski definition) is 0. The van der Waals surface area contributed by atoms with E-state index < -0.39 is 0 Å². The van der Waals surface area contributed by atoms with Crippen molar-refractivity contribution in [2.45, 2.75) is 32.6 Å². The lowest BCUT2D eigenvalue weighted by molar-refractivity contribution is -0.137. The number of carbonyl (C=O) groups is 1. The van der Waals surface area contributed by atoms with Gasteiger partial charge >= 0.3 is 5.97 Å². The van der Waals surface area contributed by atoms with E-state index in [9.17, 15) is 4.79 Å². The highest BCUT2D eigenvalue weighted by atomic mass is 32.2. The molecule has 0 spiro atoms. The van der Waals surface area contributed by atoms with E-state index in [2.05, 4.69) is 31.4 Å². The number of ether oxygens (including phenoxy) is 1. The van der Waals surface area contributed by atoms with Crippen LogP contribution in [0.4, 0.5) is 0 Å². The van der Waals surface area contributed by atoms with Gasteiger partial charge in [-0.15, -0.1) is 11.8 Å². The molecule has 0 bridgehead atoms. The smallest absolute Gasteiger partial charge is 0.330 e. The van der Waals surface area contributed by atoms with Gasteiger partial charge in [-0.05, 0) is 48.8 Å². The summed E-state index contributed by atoms with van der Waals surface area (Å²) >= 11 is 1.71. The van der Waals surface area contributed by atoms with Crippen molar-refractivity contribution in [1.29, 1.82) is 0 Å². The molecule has 24 heavy (non-hydrogen) atoms. The minimum atomic E-state index is -0.317. The number of benzene rings is 1. The first-order chi connectivity index (χ1) is 11.6. The van der Waals surface area contributed by atoms with Crippen LogP contribution in [0.3, 0.4) is 0 Å². The Morgan fingerprint density at radius 2 is 2.00 bits per heavy atom. The van der Waals surface area contributed by atoms with Crippen LogP contribution in [0, 0.1) is 6.92 Å². The molecule has 0 radical (unpaired) electrons. The predicted molar refractivity (Wildman–Crippen MR) is 107 cm³/mol. The lowest BCUT2D eigenvalue weighted by Gasteiger charge is -2.06. The molecule has 0 fully saturated rings. The molecule has 0 aliphatic carbocycles. The van der Waals surface area contributed by atoms with Gasteiger partial charge in [0.2, 0.25) is 0 Å². The largest absolute Gasteiger partial charge is 0.463 e. The molecule has 0 unspecified atom stereocenters. The summed E-state index contributed by atoms with van der Waals surface area (Å²) in [4.78, 5) is 12.5. The van der Waals surface area contributed by atoms with Crippen molar-refractivity contribution in [3.05, 3.63) is 72.4 Å². The first kappa shape index (κ1) is 22.0. The maximum Gasteiger partial charge on any atom is 0.330 e. The number of allylic oxidation sites excluding steroid dienone is 3. The summed E-state index contributed by atoms with van der Waals surface area (Å²) in [6.45, 7) is 15.8. The Morgan fingerprint density at radius 1 is 1.29 bits per heavy atom. The Bertz CT molecular complexity index is 598. The topological polar surface area (TPSA) is 26.3 Å². The molecule has 1 aromatic carbocycles. The van der Waals surface area contributed by atoms with Gasteiger partial charge in [0.25, 0.3) is 0 Å². The summed E-state index contributed by atoms with van der Waals surface area (Å²) in [7, 11) is 0. The van der Waals surface area contributed by atoms with Gasteiger partial charge in [-0.2, -0.15) is 0 Å². The van der Waals surface area contributed by atoms with E-state index in [1.807, 2.05) is 32.9 Å². The molecule has 0 saturated heterocycles. The summed E-state index contributed by atoms with van der Waals surface area (Å²) in [5.41, 5.74) is 3.18. The van der Waals surface area contributed by atoms with Crippen molar-refractivity contribution in [3.63, 3.8) is 0 Å². The van der Waals surface area contributed by atoms with Gasteiger partial charge in [-0.3, -0.25) is 0 Å². The van der Waals surface area contributed by atoms with Crippen molar-refractivity contribution in [2.75, 3.05) is 12.4 Å². The minimum Gasteiger partial charge on any atom is -0.463 e. The second-order valence-corrected chi connectivity index (χ2v) is 5.69. The van der Waals surface area contributed by atoms with Crippen molar-refractivity contribution in [3.8, 4) is 0 Å². The van der Waals surface area contributed by atoms with E-state index in [1.54, 1.807) is 30.8 Å². The number of hydrogen-bond acceptors (Lipinski definition) is 3. The lowest BCUT2D eigenvalue weighted by Crippen LogP contribution is -1.98. The van der Waals surface area contributed by atoms with E-state index in [-0.39, 0.29) is 5.97 Å². The molecular weight excluding hydrogens is 316 g/mol. The first-order valence-corrected chi connectivity index (χ1v) is 9.10. The molecule has 0 heterocycles. The third kappa shape index (κ3) is 9.21. The summed E-state index contributed by atoms with van der Waals surface area (Å²) < 4.78 is 4.89. The maximum atomic E-state index is 11.4. The van der Waals surface area contributed by atoms with Crippen molar-refractivity contribution >= 4 is 23.8 Å². The molecule has 0 aromatic heterocycles. The zero-order valence-corrected chi connectivity index (χ0v) is 16.0. The average Bonchev–Trinajstić information content (AvgIpc) is 2.60. The standard InChI is InChI=1S/C19H22O2S.C2H6/c1-5-7-8-15(3)14-22-18-11-9-16(4)17(13-18)10-12-19(20)21-6-2;1-2/h5,7-13H,1,3,6,14H2,2,4H3;1-2H3/b8-7-,12-10+;. The van der Waals surface area contributed by atoms with Crippen LogP contribution in [-0.2, 0) is 9.53 Å². The molecule has 0 saturated carbocycles. The SMILES string of the molecule is C=C/C=C\C(=C)CSc1ccc(C)c(/C=C/C(=O)OCC)c1.CC. The number of thioether (sulfide) groups is 1. The van der Waals surface area contributed by atoms with Crippen molar-refractivity contribution in [1.82, 2.24) is 0 Å². The van der Waals surface area contributed by atoms with Crippen LogP contribution in [0.2, 0.25) is 0 Å². The Labute approximate surface area is 151 Å². The van der Waals surface area contributed by atoms with E-state index in [1.165, 1.54) is 6.08 Å². The molecular formula is C21H28O2S. The fourth-order valence-electron chi connectivity index (χ4n) is 1.66. The minimum absolute atomic E-state index is 0.317. The quantitative estimate of drug-likeness (QED) is 0.251. The van der Waals surface area contributed by atoms with Gasteiger partial charge in [0.15, 0.2) is 0 Å². The van der Waals surface area contributed by atoms with Crippen LogP contribution < -0.4 is 0 Å². The normalized spacial score (nSPS) is 10.3.